The van der Waals surface area contributed by atoms with Crippen molar-refractivity contribution in [3.05, 3.63) is 120 Å². The van der Waals surface area contributed by atoms with Crippen molar-refractivity contribution in [2.45, 2.75) is 62.9 Å². The molecule has 1 aliphatic carbocycles. The van der Waals surface area contributed by atoms with Crippen LogP contribution in [-0.2, 0) is 25.4 Å². The van der Waals surface area contributed by atoms with Crippen molar-refractivity contribution in [3.63, 3.8) is 0 Å². The molecule has 1 saturated heterocycles. The Bertz CT molecular complexity index is 1440. The van der Waals surface area contributed by atoms with Gasteiger partial charge in [-0.2, -0.15) is 0 Å². The molecule has 0 amide bonds. The van der Waals surface area contributed by atoms with Gasteiger partial charge < -0.3 is 24.4 Å². The normalized spacial score (nSPS) is 22.5. The topological polar surface area (TPSA) is 102 Å². The van der Waals surface area contributed by atoms with Crippen molar-refractivity contribution in [2.75, 3.05) is 19.8 Å². The van der Waals surface area contributed by atoms with Crippen LogP contribution in [0, 0.1) is 11.8 Å². The largest absolute Gasteiger partial charge is 0.454 e. The number of hydrogen-bond donors (Lipinski definition) is 2. The van der Waals surface area contributed by atoms with Gasteiger partial charge in [-0.1, -0.05) is 103 Å². The van der Waals surface area contributed by atoms with E-state index in [9.17, 15) is 19.8 Å². The Hall–Kier alpha value is -3.88. The molecule has 2 N–H and O–H groups in total. The van der Waals surface area contributed by atoms with Crippen LogP contribution in [0.5, 0.6) is 0 Å². The van der Waals surface area contributed by atoms with E-state index in [1.54, 1.807) is 24.3 Å². The molecular formula is C39H44O7. The van der Waals surface area contributed by atoms with E-state index >= 15 is 0 Å². The molecular weight excluding hydrogens is 580 g/mol. The number of ketones is 1. The Morgan fingerprint density at radius 2 is 1.41 bits per heavy atom. The molecule has 1 heterocycles. The number of esters is 1. The number of carbonyl (C=O) groups is 2. The van der Waals surface area contributed by atoms with Gasteiger partial charge in [-0.3, -0.25) is 4.79 Å². The summed E-state index contributed by atoms with van der Waals surface area (Å²) in [5.74, 6) is -1.58. The van der Waals surface area contributed by atoms with E-state index < -0.39 is 24.0 Å². The number of aryl methyl sites for hydroxylation is 1. The Balaban J connectivity index is 1.03. The van der Waals surface area contributed by atoms with Gasteiger partial charge in [0.1, 0.15) is 0 Å². The highest BCUT2D eigenvalue weighted by atomic mass is 16.7. The Labute approximate surface area is 271 Å². The van der Waals surface area contributed by atoms with Crippen LogP contribution in [0.2, 0.25) is 0 Å². The number of carbonyl (C=O) groups excluding carboxylic acids is 2. The molecule has 0 unspecified atom stereocenters. The molecule has 0 aromatic heterocycles. The lowest BCUT2D eigenvalue weighted by Crippen LogP contribution is -2.33. The number of Topliss-reactive ketones (excluding diaryl/α,β-unsaturated/α-hetero) is 1. The van der Waals surface area contributed by atoms with Crippen LogP contribution in [0.15, 0.2) is 109 Å². The number of aliphatic hydroxyl groups excluding tert-OH is 2. The van der Waals surface area contributed by atoms with Crippen LogP contribution >= 0.6 is 0 Å². The predicted octanol–water partition coefficient (Wildman–Crippen LogP) is 6.49. The third-order valence-electron chi connectivity index (χ3n) is 9.14. The molecule has 0 bridgehead atoms. The molecule has 3 aromatic carbocycles. The molecule has 4 atom stereocenters. The van der Waals surface area contributed by atoms with Gasteiger partial charge >= 0.3 is 5.97 Å². The van der Waals surface area contributed by atoms with Crippen LogP contribution in [0.1, 0.15) is 54.4 Å². The summed E-state index contributed by atoms with van der Waals surface area (Å²) in [6.45, 7) is 0.808. The molecule has 2 fully saturated rings. The maximum atomic E-state index is 12.5. The van der Waals surface area contributed by atoms with E-state index in [0.29, 0.717) is 50.9 Å². The molecule has 0 radical (unpaired) electrons. The third kappa shape index (κ3) is 9.33. The fraction of sp³-hybridized carbons (Fsp3) is 0.385. The van der Waals surface area contributed by atoms with Crippen molar-refractivity contribution in [1.29, 1.82) is 0 Å². The van der Waals surface area contributed by atoms with E-state index in [1.165, 1.54) is 11.6 Å². The lowest BCUT2D eigenvalue weighted by molar-refractivity contribution is -0.170. The first-order valence-corrected chi connectivity index (χ1v) is 16.3. The van der Waals surface area contributed by atoms with Gasteiger partial charge in [0, 0.05) is 24.5 Å². The minimum absolute atomic E-state index is 0.0334. The number of benzene rings is 3. The second-order valence-electron chi connectivity index (χ2n) is 12.2. The number of allylic oxidation sites excluding steroid dienone is 3. The van der Waals surface area contributed by atoms with E-state index in [-0.39, 0.29) is 24.2 Å². The van der Waals surface area contributed by atoms with Crippen molar-refractivity contribution in [2.24, 2.45) is 11.8 Å². The third-order valence-corrected chi connectivity index (χ3v) is 9.14. The molecule has 1 aliphatic heterocycles. The van der Waals surface area contributed by atoms with Gasteiger partial charge in [-0.25, -0.2) is 4.79 Å². The average molecular weight is 625 g/mol. The Morgan fingerprint density at radius 1 is 0.783 bits per heavy atom. The zero-order valence-corrected chi connectivity index (χ0v) is 26.2. The number of rotatable bonds is 15. The van der Waals surface area contributed by atoms with Crippen LogP contribution < -0.4 is 0 Å². The monoisotopic (exact) mass is 624 g/mol. The number of ether oxygens (including phenoxy) is 3. The van der Waals surface area contributed by atoms with Crippen LogP contribution in [-0.4, -0.2) is 59.8 Å². The van der Waals surface area contributed by atoms with Gasteiger partial charge in [-0.15, -0.1) is 0 Å². The molecule has 242 valence electrons. The fourth-order valence-corrected chi connectivity index (χ4v) is 6.60. The average Bonchev–Trinajstić information content (AvgIpc) is 3.67. The maximum Gasteiger partial charge on any atom is 0.331 e. The van der Waals surface area contributed by atoms with Crippen molar-refractivity contribution >= 4 is 11.8 Å². The quantitative estimate of drug-likeness (QED) is 0.0863. The Morgan fingerprint density at radius 3 is 2.11 bits per heavy atom. The first-order chi connectivity index (χ1) is 22.4. The summed E-state index contributed by atoms with van der Waals surface area (Å²) in [5, 5.41) is 21.5. The number of hydrogen-bond acceptors (Lipinski definition) is 7. The molecule has 7 heteroatoms. The molecule has 46 heavy (non-hydrogen) atoms. The summed E-state index contributed by atoms with van der Waals surface area (Å²) < 4.78 is 17.3. The van der Waals surface area contributed by atoms with Crippen molar-refractivity contribution < 1.29 is 34.0 Å². The van der Waals surface area contributed by atoms with Crippen LogP contribution in [0.25, 0.3) is 11.1 Å². The van der Waals surface area contributed by atoms with E-state index in [2.05, 4.69) is 12.1 Å². The van der Waals surface area contributed by atoms with Gasteiger partial charge in [0.05, 0.1) is 25.4 Å². The summed E-state index contributed by atoms with van der Waals surface area (Å²) in [4.78, 5) is 24.6. The molecule has 0 spiro atoms. The first-order valence-electron chi connectivity index (χ1n) is 16.3. The minimum atomic E-state index is -0.648. The van der Waals surface area contributed by atoms with Gasteiger partial charge in [0.25, 0.3) is 0 Å². The molecule has 2 aliphatic rings. The van der Waals surface area contributed by atoms with E-state index in [1.807, 2.05) is 66.7 Å². The smallest absolute Gasteiger partial charge is 0.331 e. The second kappa shape index (κ2) is 16.6. The Kier molecular flexibility index (Phi) is 12.1. The van der Waals surface area contributed by atoms with Crippen LogP contribution in [0.3, 0.4) is 0 Å². The summed E-state index contributed by atoms with van der Waals surface area (Å²) in [6, 6.07) is 27.4. The van der Waals surface area contributed by atoms with Gasteiger partial charge in [0.15, 0.2) is 18.2 Å². The highest BCUT2D eigenvalue weighted by Gasteiger charge is 2.44. The van der Waals surface area contributed by atoms with E-state index in [0.717, 1.165) is 24.0 Å². The molecule has 3 aromatic rings. The highest BCUT2D eigenvalue weighted by Crippen LogP contribution is 2.41. The number of aliphatic hydroxyl groups is 2. The highest BCUT2D eigenvalue weighted by molar-refractivity contribution is 5.98. The van der Waals surface area contributed by atoms with Crippen molar-refractivity contribution in [1.82, 2.24) is 0 Å². The van der Waals surface area contributed by atoms with Gasteiger partial charge in [-0.05, 0) is 60.6 Å². The zero-order valence-electron chi connectivity index (χ0n) is 26.2. The minimum Gasteiger partial charge on any atom is -0.454 e. The lowest BCUT2D eigenvalue weighted by atomic mass is 9.84. The first kappa shape index (κ1) is 33.5. The molecule has 1 saturated carbocycles. The van der Waals surface area contributed by atoms with Gasteiger partial charge in [0.2, 0.25) is 0 Å². The fourth-order valence-electron chi connectivity index (χ4n) is 6.60. The standard InChI is InChI=1S/C39H44O7/c40-35-27-36(41)34(22-24-39(45-25-26-46-39)23-21-29-11-5-3-6-12-29)33(35)15-9-1-2-10-16-38(43)44-28-37(42)32-19-17-31(18-20-32)30-13-7-4-8-14-30/h1-8,10-14,16-20,33-36,40-41H,9,15,21-28H2/b2-1-,16-10?/t33-,34-,35+,36-/m1/s1. The molecule has 5 rings (SSSR count). The molecule has 7 nitrogen and oxygen atoms in total. The maximum absolute atomic E-state index is 12.5. The summed E-state index contributed by atoms with van der Waals surface area (Å²) >= 11 is 0. The summed E-state index contributed by atoms with van der Waals surface area (Å²) in [5.41, 5.74) is 3.80. The van der Waals surface area contributed by atoms with Crippen LogP contribution in [0.4, 0.5) is 0 Å². The zero-order chi connectivity index (χ0) is 32.2. The SMILES string of the molecule is O=C(C=C/C=C\CC[C@@H]1[C@@H](CCC2(CCc3ccccc3)OCCO2)[C@H](O)C[C@@H]1O)OCC(=O)c1ccc(-c2ccccc2)cc1. The second-order valence-corrected chi connectivity index (χ2v) is 12.2. The van der Waals surface area contributed by atoms with E-state index in [4.69, 9.17) is 14.2 Å². The summed E-state index contributed by atoms with van der Waals surface area (Å²) in [6.07, 6.45) is 10.2. The summed E-state index contributed by atoms with van der Waals surface area (Å²) in [7, 11) is 0. The van der Waals surface area contributed by atoms with Crippen molar-refractivity contribution in [3.8, 4) is 11.1 Å². The lowest BCUT2D eigenvalue weighted by Gasteiger charge is -2.31. The predicted molar refractivity (Wildman–Crippen MR) is 177 cm³/mol.